The average Bonchev–Trinajstić information content (AvgIpc) is 2.69. The predicted molar refractivity (Wildman–Crippen MR) is 115 cm³/mol. The van der Waals surface area contributed by atoms with Crippen molar-refractivity contribution in [2.24, 2.45) is 0 Å². The summed E-state index contributed by atoms with van der Waals surface area (Å²) in [6.45, 7) is 5.30. The molecule has 0 aliphatic heterocycles. The van der Waals surface area contributed by atoms with Crippen molar-refractivity contribution in [3.8, 4) is 5.75 Å². The van der Waals surface area contributed by atoms with Crippen molar-refractivity contribution in [3.05, 3.63) is 90.0 Å². The van der Waals surface area contributed by atoms with Crippen LogP contribution in [0.5, 0.6) is 5.75 Å². The Balaban J connectivity index is 1.68. The van der Waals surface area contributed by atoms with Gasteiger partial charge in [-0.3, -0.25) is 9.59 Å². The van der Waals surface area contributed by atoms with E-state index in [0.29, 0.717) is 22.7 Å². The first-order valence-corrected chi connectivity index (χ1v) is 9.38. The summed E-state index contributed by atoms with van der Waals surface area (Å²) in [6, 6.07) is 23.6. The highest BCUT2D eigenvalue weighted by Crippen LogP contribution is 2.22. The second kappa shape index (κ2) is 8.61. The molecule has 0 heterocycles. The number of para-hydroxylation sites is 1. The fourth-order valence-corrected chi connectivity index (χ4v) is 2.81. The molecule has 2 amide bonds. The molecular weight excluding hydrogens is 364 g/mol. The number of hydrogen-bond acceptors (Lipinski definition) is 3. The van der Waals surface area contributed by atoms with Gasteiger partial charge in [-0.1, -0.05) is 42.5 Å². The van der Waals surface area contributed by atoms with Gasteiger partial charge in [-0.2, -0.15) is 0 Å². The summed E-state index contributed by atoms with van der Waals surface area (Å²) < 4.78 is 5.82. The van der Waals surface area contributed by atoms with Crippen LogP contribution in [0.3, 0.4) is 0 Å². The lowest BCUT2D eigenvalue weighted by Crippen LogP contribution is -2.42. The summed E-state index contributed by atoms with van der Waals surface area (Å²) in [5.74, 6) is 0.134. The Labute approximate surface area is 170 Å². The number of aryl methyl sites for hydroxylation is 1. The van der Waals surface area contributed by atoms with Crippen LogP contribution in [-0.4, -0.2) is 17.4 Å². The average molecular weight is 388 g/mol. The number of nitrogens with one attached hydrogen (secondary N) is 2. The van der Waals surface area contributed by atoms with Crippen LogP contribution in [0, 0.1) is 6.92 Å². The standard InChI is InChI=1S/C24H24N2O3/c1-17-10-7-8-15-21(17)22(27)25-18-11-9-12-19(16-18)26-23(28)24(2,3)29-20-13-5-4-6-14-20/h4-16H,1-3H3,(H,25,27)(H,26,28). The van der Waals surface area contributed by atoms with Crippen LogP contribution in [0.4, 0.5) is 11.4 Å². The monoisotopic (exact) mass is 388 g/mol. The molecule has 0 bridgehead atoms. The first-order chi connectivity index (χ1) is 13.8. The maximum absolute atomic E-state index is 12.7. The maximum Gasteiger partial charge on any atom is 0.267 e. The zero-order chi connectivity index (χ0) is 20.9. The van der Waals surface area contributed by atoms with E-state index >= 15 is 0 Å². The molecule has 0 aliphatic carbocycles. The molecule has 0 radical (unpaired) electrons. The highest BCUT2D eigenvalue weighted by molar-refractivity contribution is 6.05. The molecular formula is C24H24N2O3. The number of hydrogen-bond donors (Lipinski definition) is 2. The highest BCUT2D eigenvalue weighted by atomic mass is 16.5. The fraction of sp³-hybridized carbons (Fsp3) is 0.167. The molecule has 0 spiro atoms. The molecule has 0 fully saturated rings. The number of benzene rings is 3. The highest BCUT2D eigenvalue weighted by Gasteiger charge is 2.30. The smallest absolute Gasteiger partial charge is 0.267 e. The van der Waals surface area contributed by atoms with Gasteiger partial charge in [0, 0.05) is 16.9 Å². The van der Waals surface area contributed by atoms with Crippen molar-refractivity contribution in [2.45, 2.75) is 26.4 Å². The summed E-state index contributed by atoms with van der Waals surface area (Å²) in [7, 11) is 0. The molecule has 3 aromatic carbocycles. The molecule has 0 atom stereocenters. The van der Waals surface area contributed by atoms with Crippen molar-refractivity contribution in [1.82, 2.24) is 0 Å². The first-order valence-electron chi connectivity index (χ1n) is 9.38. The van der Waals surface area contributed by atoms with Gasteiger partial charge in [-0.05, 0) is 62.7 Å². The van der Waals surface area contributed by atoms with Crippen LogP contribution in [0.2, 0.25) is 0 Å². The molecule has 3 rings (SSSR count). The molecule has 0 saturated carbocycles. The molecule has 2 N–H and O–H groups in total. The number of anilines is 2. The molecule has 0 unspecified atom stereocenters. The van der Waals surface area contributed by atoms with E-state index < -0.39 is 5.60 Å². The van der Waals surface area contributed by atoms with Crippen LogP contribution in [0.1, 0.15) is 29.8 Å². The van der Waals surface area contributed by atoms with E-state index in [1.54, 1.807) is 56.3 Å². The topological polar surface area (TPSA) is 67.4 Å². The molecule has 3 aromatic rings. The van der Waals surface area contributed by atoms with Gasteiger partial charge in [0.1, 0.15) is 5.75 Å². The number of carbonyl (C=O) groups excluding carboxylic acids is 2. The molecule has 0 aromatic heterocycles. The van der Waals surface area contributed by atoms with Crippen LogP contribution in [0.15, 0.2) is 78.9 Å². The third kappa shape index (κ3) is 5.23. The minimum atomic E-state index is -1.07. The summed E-state index contributed by atoms with van der Waals surface area (Å²) in [5, 5.41) is 5.72. The van der Waals surface area contributed by atoms with Gasteiger partial charge >= 0.3 is 0 Å². The first kappa shape index (κ1) is 20.1. The largest absolute Gasteiger partial charge is 0.478 e. The molecule has 0 aliphatic rings. The zero-order valence-corrected chi connectivity index (χ0v) is 16.7. The van der Waals surface area contributed by atoms with Crippen molar-refractivity contribution in [2.75, 3.05) is 10.6 Å². The molecule has 5 heteroatoms. The van der Waals surface area contributed by atoms with Gasteiger partial charge in [0.2, 0.25) is 0 Å². The van der Waals surface area contributed by atoms with Crippen molar-refractivity contribution in [3.63, 3.8) is 0 Å². The van der Waals surface area contributed by atoms with Crippen LogP contribution in [-0.2, 0) is 4.79 Å². The number of ether oxygens (including phenoxy) is 1. The van der Waals surface area contributed by atoms with Crippen LogP contribution < -0.4 is 15.4 Å². The van der Waals surface area contributed by atoms with E-state index in [-0.39, 0.29) is 11.8 Å². The Morgan fingerprint density at radius 2 is 1.41 bits per heavy atom. The lowest BCUT2D eigenvalue weighted by atomic mass is 10.1. The molecule has 5 nitrogen and oxygen atoms in total. The predicted octanol–water partition coefficient (Wildman–Crippen LogP) is 5.04. The minimum absolute atomic E-state index is 0.195. The summed E-state index contributed by atoms with van der Waals surface area (Å²) in [4.78, 5) is 25.2. The summed E-state index contributed by atoms with van der Waals surface area (Å²) in [6.07, 6.45) is 0. The van der Waals surface area contributed by atoms with E-state index in [2.05, 4.69) is 10.6 Å². The van der Waals surface area contributed by atoms with Gasteiger partial charge in [0.05, 0.1) is 0 Å². The number of rotatable bonds is 6. The van der Waals surface area contributed by atoms with Gasteiger partial charge < -0.3 is 15.4 Å². The van der Waals surface area contributed by atoms with Gasteiger partial charge in [0.25, 0.3) is 11.8 Å². The molecule has 29 heavy (non-hydrogen) atoms. The zero-order valence-electron chi connectivity index (χ0n) is 16.7. The van der Waals surface area contributed by atoms with Gasteiger partial charge in [-0.15, -0.1) is 0 Å². The Hall–Kier alpha value is -3.60. The quantitative estimate of drug-likeness (QED) is 0.621. The van der Waals surface area contributed by atoms with Crippen molar-refractivity contribution >= 4 is 23.2 Å². The maximum atomic E-state index is 12.7. The minimum Gasteiger partial charge on any atom is -0.478 e. The van der Waals surface area contributed by atoms with Crippen LogP contribution >= 0.6 is 0 Å². The third-order valence-corrected chi connectivity index (χ3v) is 4.43. The fourth-order valence-electron chi connectivity index (χ4n) is 2.81. The number of carbonyl (C=O) groups is 2. The lowest BCUT2D eigenvalue weighted by Gasteiger charge is -2.25. The van der Waals surface area contributed by atoms with Gasteiger partial charge in [-0.25, -0.2) is 0 Å². The van der Waals surface area contributed by atoms with E-state index in [9.17, 15) is 9.59 Å². The Morgan fingerprint density at radius 1 is 0.793 bits per heavy atom. The molecule has 148 valence electrons. The second-order valence-corrected chi connectivity index (χ2v) is 7.23. The lowest BCUT2D eigenvalue weighted by molar-refractivity contribution is -0.128. The SMILES string of the molecule is Cc1ccccc1C(=O)Nc1cccc(NC(=O)C(C)(C)Oc2ccccc2)c1. The van der Waals surface area contributed by atoms with Crippen molar-refractivity contribution in [1.29, 1.82) is 0 Å². The normalized spacial score (nSPS) is 10.9. The number of amides is 2. The van der Waals surface area contributed by atoms with E-state index in [0.717, 1.165) is 5.56 Å². The van der Waals surface area contributed by atoms with E-state index in [4.69, 9.17) is 4.74 Å². The van der Waals surface area contributed by atoms with E-state index in [1.165, 1.54) is 0 Å². The van der Waals surface area contributed by atoms with Crippen molar-refractivity contribution < 1.29 is 14.3 Å². The molecule has 0 saturated heterocycles. The Kier molecular flexibility index (Phi) is 5.98. The van der Waals surface area contributed by atoms with Gasteiger partial charge in [0.15, 0.2) is 5.60 Å². The van der Waals surface area contributed by atoms with E-state index in [1.807, 2.05) is 43.3 Å². The third-order valence-electron chi connectivity index (χ3n) is 4.43. The Morgan fingerprint density at radius 3 is 2.10 bits per heavy atom. The Bertz CT molecular complexity index is 1010. The summed E-state index contributed by atoms with van der Waals surface area (Å²) >= 11 is 0. The second-order valence-electron chi connectivity index (χ2n) is 7.23. The van der Waals surface area contributed by atoms with Crippen LogP contribution in [0.25, 0.3) is 0 Å². The summed E-state index contributed by atoms with van der Waals surface area (Å²) in [5.41, 5.74) is 1.61.